The average molecular weight is 435 g/mol. The van der Waals surface area contributed by atoms with E-state index in [2.05, 4.69) is 72.3 Å². The summed E-state index contributed by atoms with van der Waals surface area (Å²) in [6.45, 7) is 12.3. The molecule has 2 aromatic heterocycles. The molecule has 1 saturated heterocycles. The zero-order valence-corrected chi connectivity index (χ0v) is 19.6. The van der Waals surface area contributed by atoms with Gasteiger partial charge in [-0.05, 0) is 46.9 Å². The Labute approximate surface area is 190 Å². The molecule has 7 nitrogen and oxygen atoms in total. The molecule has 3 aromatic rings. The lowest BCUT2D eigenvalue weighted by atomic mass is 10.1. The number of rotatable bonds is 7. The Morgan fingerprint density at radius 2 is 1.84 bits per heavy atom. The Morgan fingerprint density at radius 1 is 1.12 bits per heavy atom. The summed E-state index contributed by atoms with van der Waals surface area (Å²) in [5.74, 6) is -0.0626. The van der Waals surface area contributed by atoms with Gasteiger partial charge in [0.1, 0.15) is 0 Å². The first-order valence-corrected chi connectivity index (χ1v) is 11.6. The van der Waals surface area contributed by atoms with Gasteiger partial charge in [0.2, 0.25) is 0 Å². The van der Waals surface area contributed by atoms with E-state index in [1.165, 1.54) is 5.56 Å². The van der Waals surface area contributed by atoms with Gasteiger partial charge in [-0.3, -0.25) is 4.79 Å². The van der Waals surface area contributed by atoms with E-state index >= 15 is 0 Å². The first-order chi connectivity index (χ1) is 15.4. The van der Waals surface area contributed by atoms with E-state index < -0.39 is 0 Å². The van der Waals surface area contributed by atoms with Crippen LogP contribution in [0, 0.1) is 6.92 Å². The molecule has 1 aliphatic rings. The van der Waals surface area contributed by atoms with Gasteiger partial charge in [-0.1, -0.05) is 29.8 Å². The average Bonchev–Trinajstić information content (AvgIpc) is 3.22. The van der Waals surface area contributed by atoms with Gasteiger partial charge in [0.25, 0.3) is 5.91 Å². The van der Waals surface area contributed by atoms with Crippen molar-refractivity contribution < 1.29 is 4.79 Å². The number of likely N-dealkylation sites (N-methyl/N-ethyl adjacent to an activating group) is 1. The first-order valence-electron chi connectivity index (χ1n) is 11.6. The van der Waals surface area contributed by atoms with Crippen LogP contribution < -0.4 is 5.32 Å². The van der Waals surface area contributed by atoms with Crippen LogP contribution in [0.15, 0.2) is 36.5 Å². The molecule has 170 valence electrons. The van der Waals surface area contributed by atoms with E-state index in [0.717, 1.165) is 61.4 Å². The van der Waals surface area contributed by atoms with Crippen LogP contribution in [0.3, 0.4) is 0 Å². The summed E-state index contributed by atoms with van der Waals surface area (Å²) in [4.78, 5) is 22.9. The molecule has 3 heterocycles. The number of carbonyl (C=O) groups excluding carboxylic acids is 1. The fraction of sp³-hybridized carbons (Fsp3) is 0.480. The molecule has 0 radical (unpaired) electrons. The van der Waals surface area contributed by atoms with Crippen LogP contribution in [-0.4, -0.2) is 76.8 Å². The third-order valence-corrected chi connectivity index (χ3v) is 6.18. The molecule has 0 unspecified atom stereocenters. The van der Waals surface area contributed by atoms with E-state index in [9.17, 15) is 4.79 Å². The number of fused-ring (bicyclic) bond motifs is 1. The molecule has 1 N–H and O–H groups in total. The van der Waals surface area contributed by atoms with Gasteiger partial charge in [0, 0.05) is 44.3 Å². The van der Waals surface area contributed by atoms with Crippen molar-refractivity contribution in [3.8, 4) is 11.3 Å². The van der Waals surface area contributed by atoms with Crippen molar-refractivity contribution in [2.24, 2.45) is 0 Å². The van der Waals surface area contributed by atoms with Gasteiger partial charge < -0.3 is 15.1 Å². The Hall–Kier alpha value is -2.77. The van der Waals surface area contributed by atoms with Crippen LogP contribution in [0.25, 0.3) is 22.3 Å². The Bertz CT molecular complexity index is 1060. The largest absolute Gasteiger partial charge is 0.352 e. The monoisotopic (exact) mass is 434 g/mol. The van der Waals surface area contributed by atoms with Gasteiger partial charge in [0.05, 0.1) is 22.8 Å². The van der Waals surface area contributed by atoms with Gasteiger partial charge in [-0.25, -0.2) is 9.67 Å². The summed E-state index contributed by atoms with van der Waals surface area (Å²) in [6.07, 6.45) is 2.71. The second-order valence-corrected chi connectivity index (χ2v) is 9.10. The maximum atomic E-state index is 13.2. The molecule has 32 heavy (non-hydrogen) atoms. The fourth-order valence-corrected chi connectivity index (χ4v) is 4.13. The number of nitrogens with one attached hydrogen (secondary N) is 1. The van der Waals surface area contributed by atoms with Gasteiger partial charge in [-0.15, -0.1) is 0 Å². The summed E-state index contributed by atoms with van der Waals surface area (Å²) in [7, 11) is 2.17. The van der Waals surface area contributed by atoms with Crippen molar-refractivity contribution in [3.63, 3.8) is 0 Å². The number of carbonyl (C=O) groups is 1. The molecule has 0 saturated carbocycles. The third kappa shape index (κ3) is 5.00. The minimum absolute atomic E-state index is 0.0626. The minimum Gasteiger partial charge on any atom is -0.352 e. The first kappa shape index (κ1) is 22.4. The fourth-order valence-electron chi connectivity index (χ4n) is 4.13. The maximum Gasteiger partial charge on any atom is 0.252 e. The molecular weight excluding hydrogens is 400 g/mol. The Balaban J connectivity index is 1.52. The van der Waals surface area contributed by atoms with Crippen molar-refractivity contribution in [3.05, 3.63) is 47.7 Å². The highest BCUT2D eigenvalue weighted by Crippen LogP contribution is 2.26. The molecule has 4 rings (SSSR count). The number of amides is 1. The zero-order chi connectivity index (χ0) is 22.7. The van der Waals surface area contributed by atoms with E-state index in [4.69, 9.17) is 4.98 Å². The second-order valence-electron chi connectivity index (χ2n) is 9.10. The normalized spacial score (nSPS) is 15.5. The molecule has 0 aliphatic carbocycles. The van der Waals surface area contributed by atoms with E-state index in [1.54, 1.807) is 6.20 Å². The van der Waals surface area contributed by atoms with Crippen molar-refractivity contribution >= 4 is 16.9 Å². The highest BCUT2D eigenvalue weighted by molar-refractivity contribution is 6.06. The van der Waals surface area contributed by atoms with Crippen LogP contribution in [0.2, 0.25) is 0 Å². The number of hydrogen-bond donors (Lipinski definition) is 1. The molecule has 1 aromatic carbocycles. The number of aromatic nitrogens is 3. The third-order valence-electron chi connectivity index (χ3n) is 6.18. The second kappa shape index (κ2) is 9.79. The van der Waals surface area contributed by atoms with E-state index in [-0.39, 0.29) is 11.9 Å². The van der Waals surface area contributed by atoms with Crippen molar-refractivity contribution in [1.29, 1.82) is 0 Å². The predicted octanol–water partition coefficient (Wildman–Crippen LogP) is 3.35. The minimum atomic E-state index is -0.0626. The van der Waals surface area contributed by atoms with Crippen molar-refractivity contribution in [1.82, 2.24) is 29.9 Å². The van der Waals surface area contributed by atoms with Crippen LogP contribution in [0.4, 0.5) is 0 Å². The molecule has 1 aliphatic heterocycles. The zero-order valence-electron chi connectivity index (χ0n) is 19.6. The molecule has 0 atom stereocenters. The topological polar surface area (TPSA) is 66.3 Å². The molecule has 7 heteroatoms. The molecule has 1 fully saturated rings. The van der Waals surface area contributed by atoms with Crippen LogP contribution >= 0.6 is 0 Å². The highest BCUT2D eigenvalue weighted by atomic mass is 16.1. The molecule has 0 spiro atoms. The van der Waals surface area contributed by atoms with E-state index in [0.29, 0.717) is 12.1 Å². The summed E-state index contributed by atoms with van der Waals surface area (Å²) in [5.41, 5.74) is 4.37. The van der Waals surface area contributed by atoms with Crippen molar-refractivity contribution in [2.75, 3.05) is 46.3 Å². The van der Waals surface area contributed by atoms with Crippen LogP contribution in [0.1, 0.15) is 42.2 Å². The lowest BCUT2D eigenvalue weighted by Crippen LogP contribution is -2.45. The summed E-state index contributed by atoms with van der Waals surface area (Å²) >= 11 is 0. The van der Waals surface area contributed by atoms with Gasteiger partial charge in [-0.2, -0.15) is 5.10 Å². The van der Waals surface area contributed by atoms with Crippen LogP contribution in [-0.2, 0) is 0 Å². The molecule has 0 bridgehead atoms. The number of hydrogen-bond acceptors (Lipinski definition) is 5. The summed E-state index contributed by atoms with van der Waals surface area (Å²) in [5, 5.41) is 8.44. The quantitative estimate of drug-likeness (QED) is 0.578. The molecular formula is C25H34N6O. The number of nitrogens with zero attached hydrogens (tertiary/aromatic N) is 5. The van der Waals surface area contributed by atoms with Gasteiger partial charge >= 0.3 is 0 Å². The lowest BCUT2D eigenvalue weighted by Gasteiger charge is -2.32. The predicted molar refractivity (Wildman–Crippen MR) is 129 cm³/mol. The van der Waals surface area contributed by atoms with E-state index in [1.807, 2.05) is 10.7 Å². The number of piperazine rings is 1. The number of benzene rings is 1. The smallest absolute Gasteiger partial charge is 0.252 e. The SMILES string of the molecule is Cc1ccc(-c2cc(C(=O)NCCCN3CCN(C)CC3)c3cnn(C(C)C)c3n2)cc1. The maximum absolute atomic E-state index is 13.2. The Morgan fingerprint density at radius 3 is 2.53 bits per heavy atom. The number of pyridine rings is 1. The number of aryl methyl sites for hydroxylation is 1. The molecule has 1 amide bonds. The summed E-state index contributed by atoms with van der Waals surface area (Å²) < 4.78 is 1.89. The Kier molecular flexibility index (Phi) is 6.86. The lowest BCUT2D eigenvalue weighted by molar-refractivity contribution is 0.0951. The van der Waals surface area contributed by atoms with Crippen LogP contribution in [0.5, 0.6) is 0 Å². The van der Waals surface area contributed by atoms with Crippen molar-refractivity contribution in [2.45, 2.75) is 33.2 Å². The van der Waals surface area contributed by atoms with Gasteiger partial charge in [0.15, 0.2) is 5.65 Å². The highest BCUT2D eigenvalue weighted by Gasteiger charge is 2.19. The standard InChI is InChI=1S/C25H34N6O/c1-18(2)31-24-22(17-27-31)21(16-23(28-24)20-8-6-19(3)7-9-20)25(32)26-10-5-11-30-14-12-29(4)13-15-30/h6-9,16-18H,5,10-15H2,1-4H3,(H,26,32). The summed E-state index contributed by atoms with van der Waals surface area (Å²) in [6, 6.07) is 10.3.